The molecular weight excluding hydrogens is 415 g/mol. The van der Waals surface area contributed by atoms with Crippen molar-refractivity contribution in [2.45, 2.75) is 13.5 Å². The van der Waals surface area contributed by atoms with E-state index < -0.39 is 5.82 Å². The number of hydrogen-bond donors (Lipinski definition) is 1. The van der Waals surface area contributed by atoms with Crippen molar-refractivity contribution in [2.24, 2.45) is 0 Å². The largest absolute Gasteiger partial charge is 0.366 e. The van der Waals surface area contributed by atoms with E-state index in [0.29, 0.717) is 44.0 Å². The number of carbonyl (C=O) groups is 2. The first-order valence-electron chi connectivity index (χ1n) is 10.1. The Hall–Kier alpha value is -3.26. The number of ketones is 1. The highest BCUT2D eigenvalue weighted by Gasteiger charge is 2.23. The van der Waals surface area contributed by atoms with E-state index in [1.165, 1.54) is 24.3 Å². The van der Waals surface area contributed by atoms with E-state index in [2.05, 4.69) is 10.3 Å². The van der Waals surface area contributed by atoms with Crippen LogP contribution in [0.2, 0.25) is 0 Å². The summed E-state index contributed by atoms with van der Waals surface area (Å²) in [6, 6.07) is 14.3. The minimum atomic E-state index is -0.413. The Kier molecular flexibility index (Phi) is 6.27. The molecule has 6 nitrogen and oxygen atoms in total. The first-order chi connectivity index (χ1) is 15.0. The van der Waals surface area contributed by atoms with E-state index in [4.69, 9.17) is 0 Å². The minimum Gasteiger partial charge on any atom is -0.366 e. The highest BCUT2D eigenvalue weighted by molar-refractivity contribution is 7.09. The van der Waals surface area contributed by atoms with Gasteiger partial charge in [0.15, 0.2) is 5.78 Å². The molecule has 2 aromatic carbocycles. The molecule has 0 bridgehead atoms. The lowest BCUT2D eigenvalue weighted by molar-refractivity contribution is 0.101. The van der Waals surface area contributed by atoms with E-state index in [1.54, 1.807) is 17.0 Å². The number of amides is 2. The zero-order valence-electron chi connectivity index (χ0n) is 17.2. The standard InChI is InChI=1S/C23H23FN4O2S/c1-16(29)18-7-8-21(19(24)13-18)27-9-11-28(12-10-27)23(30)25-14-22-26-20(15-31-22)17-5-3-2-4-6-17/h2-8,13,15H,9-12,14H2,1H3,(H,25,30). The minimum absolute atomic E-state index is 0.150. The molecule has 8 heteroatoms. The van der Waals surface area contributed by atoms with Crippen LogP contribution >= 0.6 is 11.3 Å². The fourth-order valence-corrected chi connectivity index (χ4v) is 4.27. The van der Waals surface area contributed by atoms with Gasteiger partial charge in [-0.15, -0.1) is 11.3 Å². The first kappa shape index (κ1) is 21.0. The Labute approximate surface area is 184 Å². The molecule has 2 amide bonds. The highest BCUT2D eigenvalue weighted by Crippen LogP contribution is 2.23. The number of halogens is 1. The molecule has 1 saturated heterocycles. The van der Waals surface area contributed by atoms with Gasteiger partial charge in [0.05, 0.1) is 17.9 Å². The number of Topliss-reactive ketones (excluding diaryl/α,β-unsaturated/α-hetero) is 1. The smallest absolute Gasteiger partial charge is 0.317 e. The van der Waals surface area contributed by atoms with E-state index in [1.807, 2.05) is 40.6 Å². The van der Waals surface area contributed by atoms with Crippen molar-refractivity contribution in [3.05, 3.63) is 70.3 Å². The number of aromatic nitrogens is 1. The zero-order valence-corrected chi connectivity index (χ0v) is 18.0. The molecule has 0 spiro atoms. The van der Waals surface area contributed by atoms with Crippen molar-refractivity contribution in [1.29, 1.82) is 0 Å². The summed E-state index contributed by atoms with van der Waals surface area (Å²) in [7, 11) is 0. The number of thiazole rings is 1. The van der Waals surface area contributed by atoms with Crippen molar-refractivity contribution in [2.75, 3.05) is 31.1 Å². The summed E-state index contributed by atoms with van der Waals surface area (Å²) in [5.74, 6) is -0.577. The van der Waals surface area contributed by atoms with Crippen LogP contribution in [0, 0.1) is 5.82 Å². The predicted octanol–water partition coefficient (Wildman–Crippen LogP) is 4.18. The highest BCUT2D eigenvalue weighted by atomic mass is 32.1. The maximum Gasteiger partial charge on any atom is 0.317 e. The average Bonchev–Trinajstić information content (AvgIpc) is 3.27. The van der Waals surface area contributed by atoms with Gasteiger partial charge in [-0.3, -0.25) is 4.79 Å². The van der Waals surface area contributed by atoms with Crippen LogP contribution in [0.25, 0.3) is 11.3 Å². The molecule has 4 rings (SSSR count). The van der Waals surface area contributed by atoms with E-state index in [0.717, 1.165) is 16.3 Å². The van der Waals surface area contributed by atoms with E-state index >= 15 is 0 Å². The van der Waals surface area contributed by atoms with Gasteiger partial charge < -0.3 is 15.1 Å². The fourth-order valence-electron chi connectivity index (χ4n) is 3.53. The Balaban J connectivity index is 1.29. The summed E-state index contributed by atoms with van der Waals surface area (Å²) >= 11 is 1.52. The van der Waals surface area contributed by atoms with Crippen molar-refractivity contribution in [3.8, 4) is 11.3 Å². The van der Waals surface area contributed by atoms with Gasteiger partial charge in [-0.2, -0.15) is 0 Å². The number of benzene rings is 2. The monoisotopic (exact) mass is 438 g/mol. The van der Waals surface area contributed by atoms with Crippen molar-refractivity contribution in [3.63, 3.8) is 0 Å². The summed E-state index contributed by atoms with van der Waals surface area (Å²) < 4.78 is 14.4. The predicted molar refractivity (Wildman–Crippen MR) is 120 cm³/mol. The summed E-state index contributed by atoms with van der Waals surface area (Å²) in [6.07, 6.45) is 0. The number of piperazine rings is 1. The number of anilines is 1. The second-order valence-corrected chi connectivity index (χ2v) is 8.29. The normalized spacial score (nSPS) is 13.9. The van der Waals surface area contributed by atoms with E-state index in [-0.39, 0.29) is 11.8 Å². The van der Waals surface area contributed by atoms with Crippen LogP contribution in [-0.4, -0.2) is 47.9 Å². The molecule has 1 aromatic heterocycles. The third kappa shape index (κ3) is 4.91. The number of nitrogens with zero attached hydrogens (tertiary/aromatic N) is 3. The maximum absolute atomic E-state index is 14.4. The average molecular weight is 439 g/mol. The van der Waals surface area contributed by atoms with Gasteiger partial charge in [-0.1, -0.05) is 30.3 Å². The lowest BCUT2D eigenvalue weighted by Crippen LogP contribution is -2.51. The van der Waals surface area contributed by atoms with Gasteiger partial charge in [-0.05, 0) is 25.1 Å². The number of hydrogen-bond acceptors (Lipinski definition) is 5. The summed E-state index contributed by atoms with van der Waals surface area (Å²) in [4.78, 5) is 32.2. The second kappa shape index (κ2) is 9.26. The molecule has 31 heavy (non-hydrogen) atoms. The van der Waals surface area contributed by atoms with Crippen LogP contribution in [-0.2, 0) is 6.54 Å². The second-order valence-electron chi connectivity index (χ2n) is 7.35. The number of nitrogens with one attached hydrogen (secondary N) is 1. The van der Waals surface area contributed by atoms with Crippen molar-refractivity contribution in [1.82, 2.24) is 15.2 Å². The van der Waals surface area contributed by atoms with Crippen LogP contribution in [0.1, 0.15) is 22.3 Å². The lowest BCUT2D eigenvalue weighted by atomic mass is 10.1. The SMILES string of the molecule is CC(=O)c1ccc(N2CCN(C(=O)NCc3nc(-c4ccccc4)cs3)CC2)c(F)c1. The molecule has 0 saturated carbocycles. The molecule has 0 unspecified atom stereocenters. The summed E-state index contributed by atoms with van der Waals surface area (Å²) in [5.41, 5.74) is 2.77. The fraction of sp³-hybridized carbons (Fsp3) is 0.261. The molecule has 160 valence electrons. The van der Waals surface area contributed by atoms with Gasteiger partial charge in [0, 0.05) is 42.7 Å². The molecular formula is C23H23FN4O2S. The topological polar surface area (TPSA) is 65.5 Å². The molecule has 1 fully saturated rings. The Morgan fingerprint density at radius 2 is 1.84 bits per heavy atom. The molecule has 1 aliphatic heterocycles. The molecule has 1 N–H and O–H groups in total. The molecule has 2 heterocycles. The number of urea groups is 1. The van der Waals surface area contributed by atoms with Gasteiger partial charge in [0.25, 0.3) is 0 Å². The van der Waals surface area contributed by atoms with Gasteiger partial charge >= 0.3 is 6.03 Å². The Bertz CT molecular complexity index is 1080. The van der Waals surface area contributed by atoms with Crippen molar-refractivity contribution < 1.29 is 14.0 Å². The number of rotatable bonds is 5. The van der Waals surface area contributed by atoms with Gasteiger partial charge in [0.2, 0.25) is 0 Å². The quantitative estimate of drug-likeness (QED) is 0.607. The Morgan fingerprint density at radius 3 is 2.52 bits per heavy atom. The molecule has 0 atom stereocenters. The van der Waals surface area contributed by atoms with Crippen LogP contribution in [0.4, 0.5) is 14.9 Å². The molecule has 3 aromatic rings. The maximum atomic E-state index is 14.4. The molecule has 1 aliphatic rings. The van der Waals surface area contributed by atoms with Crippen LogP contribution in [0.15, 0.2) is 53.9 Å². The summed E-state index contributed by atoms with van der Waals surface area (Å²) in [5, 5.41) is 5.76. The van der Waals surface area contributed by atoms with Gasteiger partial charge in [0.1, 0.15) is 10.8 Å². The lowest BCUT2D eigenvalue weighted by Gasteiger charge is -2.36. The van der Waals surface area contributed by atoms with Gasteiger partial charge in [-0.25, -0.2) is 14.2 Å². The molecule has 0 radical (unpaired) electrons. The zero-order chi connectivity index (χ0) is 21.8. The van der Waals surface area contributed by atoms with Crippen LogP contribution < -0.4 is 10.2 Å². The molecule has 0 aliphatic carbocycles. The third-order valence-corrected chi connectivity index (χ3v) is 6.12. The van der Waals surface area contributed by atoms with Crippen LogP contribution in [0.5, 0.6) is 0 Å². The van der Waals surface area contributed by atoms with Crippen molar-refractivity contribution >= 4 is 28.8 Å². The third-order valence-electron chi connectivity index (χ3n) is 5.27. The Morgan fingerprint density at radius 1 is 1.10 bits per heavy atom. The van der Waals surface area contributed by atoms with Crippen LogP contribution in [0.3, 0.4) is 0 Å². The number of carbonyl (C=O) groups excluding carboxylic acids is 2. The first-order valence-corrected chi connectivity index (χ1v) is 11.0. The summed E-state index contributed by atoms with van der Waals surface area (Å²) in [6.45, 7) is 3.83. The van der Waals surface area contributed by atoms with E-state index in [9.17, 15) is 14.0 Å².